The topological polar surface area (TPSA) is 12.0 Å². The molecule has 3 heteroatoms. The van der Waals surface area contributed by atoms with E-state index < -0.39 is 0 Å². The molecule has 0 fully saturated rings. The molecule has 11 heavy (non-hydrogen) atoms. The van der Waals surface area contributed by atoms with Crippen molar-refractivity contribution >= 4 is 0 Å². The summed E-state index contributed by atoms with van der Waals surface area (Å²) in [4.78, 5) is 0. The molecule has 0 aliphatic rings. The molecule has 0 aromatic carbocycles. The molecule has 0 aliphatic heterocycles. The zero-order valence-electron chi connectivity index (χ0n) is 7.07. The Morgan fingerprint density at radius 2 is 1.55 bits per heavy atom. The molecule has 0 rings (SSSR count). The SMILES string of the molecule is C.CCC(C)C(C)NC.[Ar].[Ar]. The second kappa shape index (κ2) is 15.0. The van der Waals surface area contributed by atoms with Gasteiger partial charge in [0.2, 0.25) is 0 Å². The van der Waals surface area contributed by atoms with Crippen molar-refractivity contribution in [2.75, 3.05) is 7.05 Å². The van der Waals surface area contributed by atoms with E-state index in [2.05, 4.69) is 26.1 Å². The van der Waals surface area contributed by atoms with E-state index in [0.717, 1.165) is 5.92 Å². The van der Waals surface area contributed by atoms with E-state index in [4.69, 9.17) is 0 Å². The third-order valence-corrected chi connectivity index (χ3v) is 1.95. The molecule has 0 saturated heterocycles. The molecule has 1 nitrogen and oxygen atoms in total. The smallest absolute Gasteiger partial charge is 0.00612 e. The summed E-state index contributed by atoms with van der Waals surface area (Å²) in [5, 5.41) is 3.22. The Hall–Kier alpha value is 2.48. The Bertz CT molecular complexity index is 52.1. The molecule has 74 valence electrons. The van der Waals surface area contributed by atoms with E-state index in [1.165, 1.54) is 6.42 Å². The summed E-state index contributed by atoms with van der Waals surface area (Å²) >= 11 is 0. The van der Waals surface area contributed by atoms with E-state index in [1.807, 2.05) is 7.05 Å². The Balaban J connectivity index is -0.0000000817. The van der Waals surface area contributed by atoms with Crippen molar-refractivity contribution in [1.82, 2.24) is 5.32 Å². The van der Waals surface area contributed by atoms with Gasteiger partial charge in [0, 0.05) is 81.5 Å². The van der Waals surface area contributed by atoms with Gasteiger partial charge in [0.1, 0.15) is 0 Å². The van der Waals surface area contributed by atoms with Gasteiger partial charge < -0.3 is 5.32 Å². The number of hydrogen-bond acceptors (Lipinski definition) is 1. The third-order valence-electron chi connectivity index (χ3n) is 1.95. The van der Waals surface area contributed by atoms with Gasteiger partial charge in [-0.15, -0.1) is 0 Å². The first-order valence-electron chi connectivity index (χ1n) is 3.39. The molecule has 2 atom stereocenters. The monoisotopic (exact) mass is 211 g/mol. The fourth-order valence-corrected chi connectivity index (χ4v) is 0.638. The van der Waals surface area contributed by atoms with Crippen LogP contribution in [0.4, 0.5) is 0 Å². The normalized spacial score (nSPS) is 13.1. The molecule has 1 N–H and O–H groups in total. The van der Waals surface area contributed by atoms with Crippen LogP contribution >= 0.6 is 0 Å². The van der Waals surface area contributed by atoms with Crippen LogP contribution in [0.2, 0.25) is 0 Å². The predicted octanol–water partition coefficient (Wildman–Crippen LogP) is 2.28. The van der Waals surface area contributed by atoms with Gasteiger partial charge in [-0.1, -0.05) is 27.7 Å². The van der Waals surface area contributed by atoms with Gasteiger partial charge in [-0.2, -0.15) is 0 Å². The first-order valence-corrected chi connectivity index (χ1v) is 3.39. The van der Waals surface area contributed by atoms with Crippen molar-refractivity contribution in [3.8, 4) is 0 Å². The minimum atomic E-state index is 0. The molecule has 0 spiro atoms. The summed E-state index contributed by atoms with van der Waals surface area (Å²) < 4.78 is 0. The Morgan fingerprint density at radius 1 is 1.18 bits per heavy atom. The summed E-state index contributed by atoms with van der Waals surface area (Å²) in [6.07, 6.45) is 1.27. The Morgan fingerprint density at radius 3 is 1.64 bits per heavy atom. The van der Waals surface area contributed by atoms with Crippen LogP contribution < -0.4 is 5.32 Å². The van der Waals surface area contributed by atoms with Crippen molar-refractivity contribution in [2.24, 2.45) is 5.92 Å². The van der Waals surface area contributed by atoms with Crippen LogP contribution in [0, 0.1) is 81.4 Å². The summed E-state index contributed by atoms with van der Waals surface area (Å²) in [5.41, 5.74) is 0. The summed E-state index contributed by atoms with van der Waals surface area (Å²) in [6.45, 7) is 6.70. The maximum Gasteiger partial charge on any atom is 0.00612 e. The largest absolute Gasteiger partial charge is 0.317 e. The van der Waals surface area contributed by atoms with E-state index in [-0.39, 0.29) is 82.9 Å². The van der Waals surface area contributed by atoms with Crippen molar-refractivity contribution in [3.05, 3.63) is 0 Å². The third kappa shape index (κ3) is 12.5. The van der Waals surface area contributed by atoms with Gasteiger partial charge in [-0.25, -0.2) is 0 Å². The first kappa shape index (κ1) is 23.4. The fourth-order valence-electron chi connectivity index (χ4n) is 0.638. The summed E-state index contributed by atoms with van der Waals surface area (Å²) in [5.74, 6) is 0.806. The fraction of sp³-hybridized carbons (Fsp3) is 1.00. The van der Waals surface area contributed by atoms with Crippen LogP contribution in [-0.4, -0.2) is 13.1 Å². The number of rotatable bonds is 3. The molecule has 0 heterocycles. The Labute approximate surface area is 132 Å². The standard InChI is InChI=1S/C7H17N.CH4.2Ar/c1-5-6(2)7(3)8-4;;;/h6-8H,5H2,1-4H3;1H4;;. The average Bonchev–Trinajstić information content (AvgIpc) is 1.84. The van der Waals surface area contributed by atoms with Gasteiger partial charge in [-0.05, 0) is 19.9 Å². The van der Waals surface area contributed by atoms with Gasteiger partial charge in [0.05, 0.1) is 0 Å². The quantitative estimate of drug-likeness (QED) is 0.755. The maximum absolute atomic E-state index is 3.22. The molecule has 2 unspecified atom stereocenters. The minimum absolute atomic E-state index is 0. The molecule has 0 aliphatic carbocycles. The van der Waals surface area contributed by atoms with Gasteiger partial charge in [-0.3, -0.25) is 0 Å². The molecule has 0 saturated carbocycles. The zero-order valence-corrected chi connectivity index (χ0v) is 8.48. The molecule has 0 amide bonds. The maximum atomic E-state index is 3.22. The van der Waals surface area contributed by atoms with E-state index in [1.54, 1.807) is 0 Å². The van der Waals surface area contributed by atoms with Crippen molar-refractivity contribution in [3.63, 3.8) is 0 Å². The number of hydrogen-bond donors (Lipinski definition) is 1. The average molecular weight is 211 g/mol. The molecule has 0 radical (unpaired) electrons. The second-order valence-corrected chi connectivity index (χ2v) is 2.46. The zero-order chi connectivity index (χ0) is 6.57. The second-order valence-electron chi connectivity index (χ2n) is 2.46. The predicted molar refractivity (Wildman–Crippen MR) is 44.7 cm³/mol. The van der Waals surface area contributed by atoms with E-state index in [9.17, 15) is 0 Å². The van der Waals surface area contributed by atoms with Gasteiger partial charge in [0.15, 0.2) is 0 Å². The van der Waals surface area contributed by atoms with Crippen molar-refractivity contribution in [1.29, 1.82) is 0 Å². The molecule has 0 aromatic rings. The minimum Gasteiger partial charge on any atom is -0.317 e. The van der Waals surface area contributed by atoms with Crippen LogP contribution in [0.3, 0.4) is 0 Å². The van der Waals surface area contributed by atoms with Crippen LogP contribution in [0.25, 0.3) is 0 Å². The van der Waals surface area contributed by atoms with Gasteiger partial charge in [0.25, 0.3) is 0 Å². The summed E-state index contributed by atoms with van der Waals surface area (Å²) in [7, 11) is 2.01. The molecular weight excluding hydrogens is 190 g/mol. The van der Waals surface area contributed by atoms with Crippen LogP contribution in [0.1, 0.15) is 34.6 Å². The first-order chi connectivity index (χ1) is 3.72. The van der Waals surface area contributed by atoms with Crippen LogP contribution in [-0.2, 0) is 0 Å². The van der Waals surface area contributed by atoms with Crippen LogP contribution in [0.5, 0.6) is 0 Å². The molecule has 0 bridgehead atoms. The molecule has 0 aromatic heterocycles. The van der Waals surface area contributed by atoms with Crippen molar-refractivity contribution in [2.45, 2.75) is 40.7 Å². The van der Waals surface area contributed by atoms with Crippen LogP contribution in [0.15, 0.2) is 0 Å². The van der Waals surface area contributed by atoms with E-state index in [0.29, 0.717) is 6.04 Å². The molecular formula is C8H21Ar2N. The van der Waals surface area contributed by atoms with Gasteiger partial charge >= 0.3 is 0 Å². The van der Waals surface area contributed by atoms with Crippen molar-refractivity contribution < 1.29 is 75.5 Å². The summed E-state index contributed by atoms with van der Waals surface area (Å²) in [6, 6.07) is 0.667. The number of nitrogens with one attached hydrogen (secondary N) is 1. The van der Waals surface area contributed by atoms with E-state index >= 15 is 0 Å². The Kier molecular flexibility index (Phi) is 31.8.